The fourth-order valence-corrected chi connectivity index (χ4v) is 4.37. The highest BCUT2D eigenvalue weighted by Crippen LogP contribution is 2.34. The number of para-hydroxylation sites is 1. The van der Waals surface area contributed by atoms with Crippen molar-refractivity contribution < 1.29 is 9.21 Å². The highest BCUT2D eigenvalue weighted by molar-refractivity contribution is 8.13. The van der Waals surface area contributed by atoms with Gasteiger partial charge in [0.2, 0.25) is 6.17 Å². The number of thioether (sulfide) groups is 1. The maximum Gasteiger partial charge on any atom is 0.276 e. The number of furan rings is 1. The maximum atomic E-state index is 13.0. The van der Waals surface area contributed by atoms with Crippen LogP contribution in [0.1, 0.15) is 25.3 Å². The molecule has 1 aromatic heterocycles. The third-order valence-electron chi connectivity index (χ3n) is 4.97. The molecule has 0 fully saturated rings. The summed E-state index contributed by atoms with van der Waals surface area (Å²) in [5.41, 5.74) is 1.39. The molecule has 0 radical (unpaired) electrons. The second kappa shape index (κ2) is 8.24. The van der Waals surface area contributed by atoms with E-state index < -0.39 is 6.17 Å². The van der Waals surface area contributed by atoms with Crippen LogP contribution in [0.4, 0.5) is 0 Å². The SMILES string of the molecule is CCCSC1=NN2C(=c3ccccc3=N[C@H]2c2ccc(-c3ccc(Cl)cc3)o2)C(=O)N1. The molecule has 0 unspecified atom stereocenters. The van der Waals surface area contributed by atoms with Gasteiger partial charge in [0.15, 0.2) is 10.9 Å². The van der Waals surface area contributed by atoms with Gasteiger partial charge >= 0.3 is 0 Å². The number of benzene rings is 2. The molecule has 0 saturated carbocycles. The summed E-state index contributed by atoms with van der Waals surface area (Å²) in [4.78, 5) is 17.9. The first-order valence-electron chi connectivity index (χ1n) is 9.99. The predicted molar refractivity (Wildman–Crippen MR) is 123 cm³/mol. The summed E-state index contributed by atoms with van der Waals surface area (Å²) in [6.45, 7) is 2.09. The summed E-state index contributed by atoms with van der Waals surface area (Å²) >= 11 is 7.52. The molecule has 3 heterocycles. The Labute approximate surface area is 188 Å². The minimum absolute atomic E-state index is 0.189. The quantitative estimate of drug-likeness (QED) is 0.654. The number of amidine groups is 1. The molecule has 1 atom stereocenters. The number of hydrogen-bond acceptors (Lipinski definition) is 6. The van der Waals surface area contributed by atoms with Crippen molar-refractivity contribution in [2.75, 3.05) is 5.75 Å². The number of carbonyl (C=O) groups excluding carboxylic acids is 1. The Balaban J connectivity index is 1.61. The van der Waals surface area contributed by atoms with Crippen molar-refractivity contribution in [1.82, 2.24) is 10.3 Å². The average Bonchev–Trinajstić information content (AvgIpc) is 3.27. The second-order valence-corrected chi connectivity index (χ2v) is 8.65. The monoisotopic (exact) mass is 450 g/mol. The van der Waals surface area contributed by atoms with Crippen LogP contribution in [0.15, 0.2) is 75.2 Å². The largest absolute Gasteiger partial charge is 0.457 e. The van der Waals surface area contributed by atoms with Gasteiger partial charge in [-0.15, -0.1) is 5.10 Å². The van der Waals surface area contributed by atoms with E-state index in [1.54, 1.807) is 5.01 Å². The first-order chi connectivity index (χ1) is 15.1. The third-order valence-corrected chi connectivity index (χ3v) is 6.29. The van der Waals surface area contributed by atoms with Crippen LogP contribution in [0.2, 0.25) is 5.02 Å². The van der Waals surface area contributed by atoms with Gasteiger partial charge in [0.1, 0.15) is 11.5 Å². The lowest BCUT2D eigenvalue weighted by molar-refractivity contribution is -0.116. The van der Waals surface area contributed by atoms with E-state index in [4.69, 9.17) is 26.1 Å². The molecule has 0 spiro atoms. The molecule has 2 aliphatic heterocycles. The first kappa shape index (κ1) is 19.9. The highest BCUT2D eigenvalue weighted by atomic mass is 35.5. The number of hydrogen-bond donors (Lipinski definition) is 1. The number of nitrogens with one attached hydrogen (secondary N) is 1. The average molecular weight is 451 g/mol. The number of rotatable bonds is 4. The number of halogens is 1. The number of hydrazone groups is 1. The molecule has 3 aromatic rings. The molecular weight excluding hydrogens is 432 g/mol. The second-order valence-electron chi connectivity index (χ2n) is 7.13. The first-order valence-corrected chi connectivity index (χ1v) is 11.4. The summed E-state index contributed by atoms with van der Waals surface area (Å²) in [6, 6.07) is 18.8. The Morgan fingerprint density at radius 3 is 2.74 bits per heavy atom. The van der Waals surface area contributed by atoms with Crippen molar-refractivity contribution in [2.24, 2.45) is 10.1 Å². The van der Waals surface area contributed by atoms with Gasteiger partial charge in [-0.05, 0) is 48.9 Å². The van der Waals surface area contributed by atoms with Gasteiger partial charge in [-0.3, -0.25) is 10.1 Å². The van der Waals surface area contributed by atoms with E-state index in [2.05, 4.69) is 12.2 Å². The van der Waals surface area contributed by atoms with E-state index in [0.717, 1.165) is 28.3 Å². The zero-order valence-electron chi connectivity index (χ0n) is 16.7. The van der Waals surface area contributed by atoms with Crippen molar-refractivity contribution in [3.63, 3.8) is 0 Å². The fraction of sp³-hybridized carbons (Fsp3) is 0.174. The normalized spacial score (nSPS) is 17.4. The van der Waals surface area contributed by atoms with Crippen molar-refractivity contribution >= 4 is 40.1 Å². The predicted octanol–water partition coefficient (Wildman–Crippen LogP) is 3.89. The lowest BCUT2D eigenvalue weighted by Gasteiger charge is -2.32. The molecule has 156 valence electrons. The minimum Gasteiger partial charge on any atom is -0.457 e. The Morgan fingerprint density at radius 1 is 1.13 bits per heavy atom. The molecule has 0 saturated heterocycles. The van der Waals surface area contributed by atoms with Gasteiger partial charge in [0, 0.05) is 21.6 Å². The van der Waals surface area contributed by atoms with Crippen LogP contribution in [0.25, 0.3) is 17.0 Å². The van der Waals surface area contributed by atoms with Crippen molar-refractivity contribution in [1.29, 1.82) is 0 Å². The Kier molecular flexibility index (Phi) is 5.29. The van der Waals surface area contributed by atoms with Crippen LogP contribution in [-0.2, 0) is 4.79 Å². The van der Waals surface area contributed by atoms with E-state index in [1.807, 2.05) is 60.7 Å². The van der Waals surface area contributed by atoms with Crippen LogP contribution < -0.4 is 15.9 Å². The van der Waals surface area contributed by atoms with E-state index in [0.29, 0.717) is 27.4 Å². The lowest BCUT2D eigenvalue weighted by Crippen LogP contribution is -2.50. The minimum atomic E-state index is -0.575. The summed E-state index contributed by atoms with van der Waals surface area (Å²) in [7, 11) is 0. The summed E-state index contributed by atoms with van der Waals surface area (Å²) in [5.74, 6) is 1.98. The molecule has 2 aliphatic rings. The van der Waals surface area contributed by atoms with E-state index in [1.165, 1.54) is 11.8 Å². The van der Waals surface area contributed by atoms with Gasteiger partial charge in [-0.25, -0.2) is 10.0 Å². The molecule has 2 aromatic carbocycles. The number of nitrogens with zero attached hydrogens (tertiary/aromatic N) is 3. The lowest BCUT2D eigenvalue weighted by atomic mass is 10.1. The Morgan fingerprint density at radius 2 is 1.94 bits per heavy atom. The van der Waals surface area contributed by atoms with Crippen LogP contribution in [0.3, 0.4) is 0 Å². The molecule has 31 heavy (non-hydrogen) atoms. The summed E-state index contributed by atoms with van der Waals surface area (Å²) < 4.78 is 6.17. The Bertz CT molecular complexity index is 1300. The van der Waals surface area contributed by atoms with Crippen molar-refractivity contribution in [2.45, 2.75) is 19.5 Å². The van der Waals surface area contributed by atoms with Crippen LogP contribution in [0.5, 0.6) is 0 Å². The van der Waals surface area contributed by atoms with Gasteiger partial charge in [-0.2, -0.15) is 0 Å². The fourth-order valence-electron chi connectivity index (χ4n) is 3.54. The number of carbonyl (C=O) groups is 1. The highest BCUT2D eigenvalue weighted by Gasteiger charge is 2.35. The molecule has 0 bridgehead atoms. The zero-order valence-corrected chi connectivity index (χ0v) is 18.3. The molecule has 0 aliphatic carbocycles. The van der Waals surface area contributed by atoms with Crippen molar-refractivity contribution in [3.8, 4) is 11.3 Å². The van der Waals surface area contributed by atoms with Crippen LogP contribution in [0, 0.1) is 0 Å². The molecule has 6 nitrogen and oxygen atoms in total. The van der Waals surface area contributed by atoms with Crippen LogP contribution >= 0.6 is 23.4 Å². The summed E-state index contributed by atoms with van der Waals surface area (Å²) in [5, 5.41) is 12.0. The Hall–Kier alpha value is -3.03. The summed E-state index contributed by atoms with van der Waals surface area (Å²) in [6.07, 6.45) is 0.407. The molecule has 8 heteroatoms. The van der Waals surface area contributed by atoms with Gasteiger partial charge in [-0.1, -0.05) is 48.5 Å². The third kappa shape index (κ3) is 3.75. The molecule has 5 rings (SSSR count). The number of fused-ring (bicyclic) bond motifs is 2. The molecule has 1 N–H and O–H groups in total. The number of amides is 1. The standard InChI is InChI=1S/C23H19ClN4O2S/c1-2-13-31-23-26-22(29)20-16-5-3-4-6-17(16)25-21(28(20)27-23)19-12-11-18(30-19)14-7-9-15(24)10-8-14/h3-12,21H,2,13H2,1H3,(H,26,27,29)/t21-/m1/s1. The smallest absolute Gasteiger partial charge is 0.276 e. The molecule has 1 amide bonds. The van der Waals surface area contributed by atoms with Crippen LogP contribution in [-0.4, -0.2) is 21.8 Å². The maximum absolute atomic E-state index is 13.0. The van der Waals surface area contributed by atoms with Gasteiger partial charge in [0.25, 0.3) is 5.91 Å². The van der Waals surface area contributed by atoms with Gasteiger partial charge in [0.05, 0.1) is 5.36 Å². The topological polar surface area (TPSA) is 70.2 Å². The van der Waals surface area contributed by atoms with Crippen molar-refractivity contribution in [3.05, 3.63) is 82.0 Å². The van der Waals surface area contributed by atoms with E-state index >= 15 is 0 Å². The van der Waals surface area contributed by atoms with E-state index in [-0.39, 0.29) is 5.91 Å². The van der Waals surface area contributed by atoms with Gasteiger partial charge < -0.3 is 4.42 Å². The zero-order chi connectivity index (χ0) is 21.4. The van der Waals surface area contributed by atoms with E-state index in [9.17, 15) is 4.79 Å². The molecular formula is C23H19ClN4O2S.